The van der Waals surface area contributed by atoms with E-state index in [0.717, 1.165) is 5.56 Å². The molecule has 2 aliphatic rings. The maximum atomic E-state index is 12.7. The van der Waals surface area contributed by atoms with Gasteiger partial charge in [0.2, 0.25) is 0 Å². The number of nitrogens with two attached hydrogens (primary N) is 1. The molecule has 0 amide bonds. The van der Waals surface area contributed by atoms with Gasteiger partial charge in [0.25, 0.3) is 10.1 Å². The molecule has 2 aromatic heterocycles. The Bertz CT molecular complexity index is 1330. The summed E-state index contributed by atoms with van der Waals surface area (Å²) in [6, 6.07) is 6.45. The molecular formula is C21H25N5O6S2. The number of imidazole rings is 1. The first-order valence-electron chi connectivity index (χ1n) is 10.6. The molecule has 0 saturated carbocycles. The van der Waals surface area contributed by atoms with E-state index in [2.05, 4.69) is 15.0 Å². The SMILES string of the molecule is CSc1nc(N)c2ncn(C3OC(COS(=O)(=O)c4ccc(C)cc4)C4OC(C)(C)OC43)c2n1. The Labute approximate surface area is 201 Å². The standard InChI is InChI=1S/C21H25N5O6S2/c1-11-5-7-12(8-6-11)34(27,28)29-9-13-15-16(32-21(2,3)31-15)19(30-13)26-10-23-14-17(22)24-20(33-4)25-18(14)26/h5-8,10,13,15-16,19H,9H2,1-4H3,(H2,22,24,25). The van der Waals surface area contributed by atoms with Crippen LogP contribution in [0.4, 0.5) is 5.82 Å². The van der Waals surface area contributed by atoms with E-state index in [4.69, 9.17) is 24.1 Å². The lowest BCUT2D eigenvalue weighted by atomic mass is 10.1. The van der Waals surface area contributed by atoms with Crippen molar-refractivity contribution in [3.8, 4) is 0 Å². The van der Waals surface area contributed by atoms with E-state index < -0.39 is 40.4 Å². The number of hydrogen-bond donors (Lipinski definition) is 1. The molecule has 2 saturated heterocycles. The Morgan fingerprint density at radius 2 is 1.88 bits per heavy atom. The van der Waals surface area contributed by atoms with Gasteiger partial charge in [0.05, 0.1) is 17.8 Å². The van der Waals surface area contributed by atoms with Crippen molar-refractivity contribution < 1.29 is 26.8 Å². The molecule has 4 heterocycles. The van der Waals surface area contributed by atoms with Crippen molar-refractivity contribution in [2.24, 2.45) is 0 Å². The number of anilines is 1. The van der Waals surface area contributed by atoms with Crippen LogP contribution in [0.15, 0.2) is 40.6 Å². The number of rotatable bonds is 6. The second kappa shape index (κ2) is 8.43. The van der Waals surface area contributed by atoms with Crippen LogP contribution in [0.3, 0.4) is 0 Å². The van der Waals surface area contributed by atoms with Crippen molar-refractivity contribution in [2.45, 2.75) is 61.2 Å². The Balaban J connectivity index is 1.43. The molecule has 2 aliphatic heterocycles. The maximum absolute atomic E-state index is 12.7. The molecule has 2 fully saturated rings. The predicted octanol–water partition coefficient (Wildman–Crippen LogP) is 2.26. The van der Waals surface area contributed by atoms with Gasteiger partial charge in [0.1, 0.15) is 23.8 Å². The molecule has 11 nitrogen and oxygen atoms in total. The minimum Gasteiger partial charge on any atom is -0.382 e. The Kier molecular flexibility index (Phi) is 5.81. The smallest absolute Gasteiger partial charge is 0.297 e. The molecule has 0 radical (unpaired) electrons. The van der Waals surface area contributed by atoms with Crippen LogP contribution >= 0.6 is 11.8 Å². The summed E-state index contributed by atoms with van der Waals surface area (Å²) in [4.78, 5) is 13.2. The molecule has 0 spiro atoms. The van der Waals surface area contributed by atoms with Crippen molar-refractivity contribution in [3.05, 3.63) is 36.2 Å². The van der Waals surface area contributed by atoms with E-state index in [1.54, 1.807) is 36.9 Å². The van der Waals surface area contributed by atoms with Gasteiger partial charge in [-0.25, -0.2) is 15.0 Å². The van der Waals surface area contributed by atoms with Crippen LogP contribution in [0.5, 0.6) is 0 Å². The summed E-state index contributed by atoms with van der Waals surface area (Å²) in [6.07, 6.45) is 0.900. The van der Waals surface area contributed by atoms with E-state index in [1.807, 2.05) is 13.2 Å². The van der Waals surface area contributed by atoms with E-state index >= 15 is 0 Å². The highest BCUT2D eigenvalue weighted by atomic mass is 32.2. The molecule has 0 aliphatic carbocycles. The van der Waals surface area contributed by atoms with Gasteiger partial charge in [-0.15, -0.1) is 0 Å². The second-order valence-corrected chi connectivity index (χ2v) is 11.0. The topological polar surface area (TPSA) is 141 Å². The lowest BCUT2D eigenvalue weighted by molar-refractivity contribution is -0.198. The zero-order chi connectivity index (χ0) is 24.3. The minimum absolute atomic E-state index is 0.0745. The van der Waals surface area contributed by atoms with Crippen molar-refractivity contribution in [2.75, 3.05) is 18.6 Å². The third-order valence-corrected chi connectivity index (χ3v) is 7.55. The summed E-state index contributed by atoms with van der Waals surface area (Å²) in [7, 11) is -3.98. The molecule has 2 N–H and O–H groups in total. The molecule has 13 heteroatoms. The Morgan fingerprint density at radius 1 is 1.18 bits per heavy atom. The fraction of sp³-hybridized carbons (Fsp3) is 0.476. The monoisotopic (exact) mass is 507 g/mol. The van der Waals surface area contributed by atoms with Gasteiger partial charge in [-0.05, 0) is 39.2 Å². The summed E-state index contributed by atoms with van der Waals surface area (Å²) in [6.45, 7) is 5.22. The first-order valence-corrected chi connectivity index (χ1v) is 13.2. The quantitative estimate of drug-likeness (QED) is 0.298. The van der Waals surface area contributed by atoms with E-state index in [0.29, 0.717) is 16.3 Å². The van der Waals surface area contributed by atoms with Crippen molar-refractivity contribution in [3.63, 3.8) is 0 Å². The van der Waals surface area contributed by atoms with Crippen LogP contribution in [-0.2, 0) is 28.5 Å². The lowest BCUT2D eigenvalue weighted by Gasteiger charge is -2.24. The van der Waals surface area contributed by atoms with Gasteiger partial charge >= 0.3 is 0 Å². The minimum atomic E-state index is -3.98. The fourth-order valence-electron chi connectivity index (χ4n) is 4.14. The van der Waals surface area contributed by atoms with Gasteiger partial charge in [0.15, 0.2) is 28.6 Å². The summed E-state index contributed by atoms with van der Waals surface area (Å²) < 4.78 is 50.9. The average Bonchev–Trinajstić information content (AvgIpc) is 3.43. The first-order chi connectivity index (χ1) is 16.1. The fourth-order valence-corrected chi connectivity index (χ4v) is 5.43. The predicted molar refractivity (Wildman–Crippen MR) is 124 cm³/mol. The van der Waals surface area contributed by atoms with E-state index in [9.17, 15) is 8.42 Å². The molecule has 34 heavy (non-hydrogen) atoms. The number of aryl methyl sites for hydroxylation is 1. The van der Waals surface area contributed by atoms with Crippen LogP contribution in [-0.4, -0.2) is 64.9 Å². The van der Waals surface area contributed by atoms with E-state index in [1.165, 1.54) is 23.9 Å². The normalized spacial score (nSPS) is 26.2. The van der Waals surface area contributed by atoms with E-state index in [-0.39, 0.29) is 17.3 Å². The van der Waals surface area contributed by atoms with Crippen molar-refractivity contribution in [1.82, 2.24) is 19.5 Å². The zero-order valence-electron chi connectivity index (χ0n) is 19.0. The third-order valence-electron chi connectivity index (χ3n) is 5.71. The molecule has 5 rings (SSSR count). The van der Waals surface area contributed by atoms with Crippen LogP contribution in [0.25, 0.3) is 11.2 Å². The Morgan fingerprint density at radius 3 is 2.59 bits per heavy atom. The summed E-state index contributed by atoms with van der Waals surface area (Å²) >= 11 is 1.35. The first kappa shape index (κ1) is 23.5. The van der Waals surface area contributed by atoms with Gasteiger partial charge in [-0.2, -0.15) is 8.42 Å². The number of nitrogen functional groups attached to an aromatic ring is 1. The highest BCUT2D eigenvalue weighted by Gasteiger charge is 2.56. The molecule has 3 aromatic rings. The Hall–Kier alpha value is -2.29. The number of benzene rings is 1. The van der Waals surface area contributed by atoms with Gasteiger partial charge < -0.3 is 19.9 Å². The number of thioether (sulfide) groups is 1. The largest absolute Gasteiger partial charge is 0.382 e. The highest BCUT2D eigenvalue weighted by molar-refractivity contribution is 7.98. The molecule has 4 atom stereocenters. The summed E-state index contributed by atoms with van der Waals surface area (Å²) in [5.74, 6) is -0.629. The maximum Gasteiger partial charge on any atom is 0.297 e. The molecular weight excluding hydrogens is 482 g/mol. The number of aromatic nitrogens is 4. The number of nitrogens with zero attached hydrogens (tertiary/aromatic N) is 4. The van der Waals surface area contributed by atoms with Crippen LogP contribution in [0, 0.1) is 6.92 Å². The average molecular weight is 508 g/mol. The third kappa shape index (κ3) is 4.16. The zero-order valence-corrected chi connectivity index (χ0v) is 20.7. The van der Waals surface area contributed by atoms with Gasteiger partial charge in [0, 0.05) is 0 Å². The molecule has 1 aromatic carbocycles. The van der Waals surface area contributed by atoms with Crippen molar-refractivity contribution >= 4 is 38.9 Å². The molecule has 4 unspecified atom stereocenters. The summed E-state index contributed by atoms with van der Waals surface area (Å²) in [5.41, 5.74) is 7.94. The highest BCUT2D eigenvalue weighted by Crippen LogP contribution is 2.44. The van der Waals surface area contributed by atoms with Crippen LogP contribution in [0.1, 0.15) is 25.6 Å². The number of hydrogen-bond acceptors (Lipinski definition) is 11. The second-order valence-electron chi connectivity index (χ2n) is 8.60. The van der Waals surface area contributed by atoms with Crippen LogP contribution < -0.4 is 5.73 Å². The van der Waals surface area contributed by atoms with Gasteiger partial charge in [-0.1, -0.05) is 29.5 Å². The van der Waals surface area contributed by atoms with Crippen molar-refractivity contribution in [1.29, 1.82) is 0 Å². The molecule has 182 valence electrons. The van der Waals surface area contributed by atoms with Crippen LogP contribution in [0.2, 0.25) is 0 Å². The molecule has 0 bridgehead atoms. The number of fused-ring (bicyclic) bond motifs is 2. The lowest BCUT2D eigenvalue weighted by Crippen LogP contribution is -2.33. The number of ether oxygens (including phenoxy) is 3. The van der Waals surface area contributed by atoms with Gasteiger partial charge in [-0.3, -0.25) is 8.75 Å². The summed E-state index contributed by atoms with van der Waals surface area (Å²) in [5, 5.41) is 0.495.